The lowest BCUT2D eigenvalue weighted by atomic mass is 9.85. The lowest BCUT2D eigenvalue weighted by Gasteiger charge is -2.45. The molecule has 3 saturated heterocycles. The Morgan fingerprint density at radius 2 is 1.74 bits per heavy atom. The second kappa shape index (κ2) is 18.0. The fourth-order valence-electron chi connectivity index (χ4n) is 10.5. The number of rotatable bonds is 13. The van der Waals surface area contributed by atoms with E-state index in [4.69, 9.17) is 26.4 Å². The molecule has 16 nitrogen and oxygen atoms in total. The van der Waals surface area contributed by atoms with Gasteiger partial charge in [-0.2, -0.15) is 4.31 Å². The van der Waals surface area contributed by atoms with Gasteiger partial charge in [0.05, 0.1) is 26.5 Å². The third-order valence-electron chi connectivity index (χ3n) is 13.6. The van der Waals surface area contributed by atoms with Crippen molar-refractivity contribution in [2.45, 2.75) is 81.7 Å². The van der Waals surface area contributed by atoms with E-state index in [-0.39, 0.29) is 58.0 Å². The molecule has 6 heterocycles. The number of carboxylic acid groups (broad SMARTS) is 2. The number of fused-ring (bicyclic) bond motifs is 1. The number of aromatic nitrogens is 1. The standard InChI is InChI=1S/C49H47ClN6O10S3/c1-49(2)23-30(51-29-6-3-5-28(22-29)43-41(50)42(66-24-39(58)59)44(68-43)47(62)63)17-20-55(49)69(64,65)25-26-9-11-34-37(21-26)67-48(52-34)54-18-15-27(16-19-54)31-10-12-35-40-32(31)7-4-8-33(40)46(61)56(35)36-13-14-38(57)53-45(36)60/h3-12,21-22,27,30,36,51H,13-20,23-25H2,1-2H3,(H,58,59)(H,62,63)(H,53,57,60). The highest BCUT2D eigenvalue weighted by Crippen LogP contribution is 2.47. The molecule has 3 amide bonds. The van der Waals surface area contributed by atoms with Crippen LogP contribution in [-0.2, 0) is 30.2 Å². The summed E-state index contributed by atoms with van der Waals surface area (Å²) in [7, 11) is -3.74. The third kappa shape index (κ3) is 8.79. The number of carbonyl (C=O) groups excluding carboxylic acids is 3. The van der Waals surface area contributed by atoms with Crippen molar-refractivity contribution in [3.63, 3.8) is 0 Å². The number of aliphatic carboxylic acids is 1. The Morgan fingerprint density at radius 3 is 2.48 bits per heavy atom. The molecule has 2 atom stereocenters. The van der Waals surface area contributed by atoms with E-state index in [1.54, 1.807) is 32.7 Å². The summed E-state index contributed by atoms with van der Waals surface area (Å²) < 4.78 is 36.1. The Kier molecular flexibility index (Phi) is 12.2. The van der Waals surface area contributed by atoms with Crippen LogP contribution in [0.1, 0.15) is 89.4 Å². The largest absolute Gasteiger partial charge is 0.479 e. The minimum absolute atomic E-state index is 0.0124. The van der Waals surface area contributed by atoms with Crippen LogP contribution in [0.3, 0.4) is 0 Å². The van der Waals surface area contributed by atoms with Gasteiger partial charge in [0.2, 0.25) is 21.8 Å². The molecule has 0 radical (unpaired) electrons. The Labute approximate surface area is 409 Å². The zero-order valence-electron chi connectivity index (χ0n) is 37.5. The number of nitrogens with zero attached hydrogens (tertiary/aromatic N) is 4. The average molecular weight is 1010 g/mol. The number of sulfonamides is 1. The lowest BCUT2D eigenvalue weighted by Crippen LogP contribution is -2.55. The molecule has 10 rings (SSSR count). The third-order valence-corrected chi connectivity index (χ3v) is 18.4. The number of anilines is 3. The van der Waals surface area contributed by atoms with Gasteiger partial charge >= 0.3 is 11.9 Å². The summed E-state index contributed by atoms with van der Waals surface area (Å²) in [4.78, 5) is 70.4. The number of thiazole rings is 1. The van der Waals surface area contributed by atoms with Gasteiger partial charge < -0.3 is 25.2 Å². The number of carboxylic acids is 2. The maximum atomic E-state index is 14.2. The number of piperidine rings is 3. The Balaban J connectivity index is 0.778. The van der Waals surface area contributed by atoms with Gasteiger partial charge in [-0.1, -0.05) is 59.3 Å². The minimum Gasteiger partial charge on any atom is -0.479 e. The van der Waals surface area contributed by atoms with Crippen molar-refractivity contribution in [3.8, 4) is 16.2 Å². The normalized spacial score (nSPS) is 19.9. The number of thiophene rings is 1. The summed E-state index contributed by atoms with van der Waals surface area (Å²) in [5, 5.41) is 27.5. The van der Waals surface area contributed by atoms with Gasteiger partial charge in [-0.15, -0.1) is 11.3 Å². The first-order valence-electron chi connectivity index (χ1n) is 22.6. The smallest absolute Gasteiger partial charge is 0.349 e. The second-order valence-corrected chi connectivity index (χ2v) is 22.9. The number of imide groups is 1. The van der Waals surface area contributed by atoms with Crippen molar-refractivity contribution in [2.24, 2.45) is 0 Å². The van der Waals surface area contributed by atoms with Crippen LogP contribution in [0.5, 0.6) is 5.75 Å². The second-order valence-electron chi connectivity index (χ2n) is 18.6. The molecule has 6 aromatic rings. The predicted molar refractivity (Wildman–Crippen MR) is 266 cm³/mol. The van der Waals surface area contributed by atoms with Crippen LogP contribution < -0.4 is 25.2 Å². The van der Waals surface area contributed by atoms with Crippen molar-refractivity contribution in [1.82, 2.24) is 14.6 Å². The van der Waals surface area contributed by atoms with Crippen molar-refractivity contribution in [3.05, 3.63) is 99.4 Å². The number of aromatic carboxylic acids is 1. The summed E-state index contributed by atoms with van der Waals surface area (Å²) in [5.41, 5.74) is 4.56. The molecule has 2 aromatic heterocycles. The van der Waals surface area contributed by atoms with Crippen molar-refractivity contribution in [1.29, 1.82) is 0 Å². The minimum atomic E-state index is -3.74. The van der Waals surface area contributed by atoms with Crippen LogP contribution in [0.25, 0.3) is 31.4 Å². The fraction of sp³-hybridized carbons (Fsp3) is 0.347. The molecule has 4 N–H and O–H groups in total. The molecule has 358 valence electrons. The first kappa shape index (κ1) is 46.6. The van der Waals surface area contributed by atoms with Gasteiger partial charge in [-0.25, -0.2) is 23.0 Å². The van der Waals surface area contributed by atoms with E-state index in [1.807, 2.05) is 68.4 Å². The van der Waals surface area contributed by atoms with E-state index in [1.165, 1.54) is 5.56 Å². The Hall–Kier alpha value is -6.12. The van der Waals surface area contributed by atoms with E-state index >= 15 is 0 Å². The molecule has 2 unspecified atom stereocenters. The Bertz CT molecular complexity index is 3240. The molecule has 3 fully saturated rings. The van der Waals surface area contributed by atoms with Gasteiger partial charge in [-0.05, 0) is 110 Å². The van der Waals surface area contributed by atoms with E-state index in [2.05, 4.69) is 21.6 Å². The van der Waals surface area contributed by atoms with Gasteiger partial charge in [0.25, 0.3) is 5.91 Å². The van der Waals surface area contributed by atoms with Crippen molar-refractivity contribution in [2.75, 3.05) is 41.4 Å². The molecule has 0 saturated carbocycles. The molecule has 0 spiro atoms. The zero-order valence-corrected chi connectivity index (χ0v) is 40.7. The van der Waals surface area contributed by atoms with Crippen molar-refractivity contribution >= 4 is 111 Å². The van der Waals surface area contributed by atoms with Crippen molar-refractivity contribution < 1.29 is 47.3 Å². The molecule has 4 aromatic carbocycles. The Morgan fingerprint density at radius 1 is 0.957 bits per heavy atom. The molecule has 0 bridgehead atoms. The van der Waals surface area contributed by atoms with Crippen LogP contribution in [-0.4, -0.2) is 101 Å². The molecular formula is C49H47ClN6O10S3. The molecule has 4 aliphatic heterocycles. The summed E-state index contributed by atoms with van der Waals surface area (Å²) in [6.07, 6.45) is 3.26. The van der Waals surface area contributed by atoms with Gasteiger partial charge in [-0.3, -0.25) is 24.6 Å². The summed E-state index contributed by atoms with van der Waals surface area (Å²) >= 11 is 8.99. The summed E-state index contributed by atoms with van der Waals surface area (Å²) in [6, 6.07) is 21.9. The maximum absolute atomic E-state index is 14.2. The predicted octanol–water partition coefficient (Wildman–Crippen LogP) is 8.33. The number of nitrogens with one attached hydrogen (secondary N) is 2. The molecule has 0 aliphatic carbocycles. The number of carbonyl (C=O) groups is 5. The van der Waals surface area contributed by atoms with E-state index in [0.29, 0.717) is 46.6 Å². The first-order chi connectivity index (χ1) is 33.0. The van der Waals surface area contributed by atoms with Gasteiger partial charge in [0, 0.05) is 54.3 Å². The van der Waals surface area contributed by atoms with E-state index in [0.717, 1.165) is 69.1 Å². The first-order valence-corrected chi connectivity index (χ1v) is 26.2. The maximum Gasteiger partial charge on any atom is 0.349 e. The van der Waals surface area contributed by atoms with Gasteiger partial charge in [0.15, 0.2) is 22.4 Å². The molecule has 20 heteroatoms. The summed E-state index contributed by atoms with van der Waals surface area (Å²) in [5.74, 6) is -3.66. The SMILES string of the molecule is CC1(C)CC(Nc2cccc(-c3sc(C(=O)O)c(OCC(=O)O)c3Cl)c2)CCN1S(=O)(=O)Cc1ccc2nc(N3CCC(c4ccc5c6c(cccc46)C(=O)N5C4CCC(=O)NC4=O)CC3)sc2c1. The average Bonchev–Trinajstić information content (AvgIpc) is 3.97. The number of benzene rings is 4. The number of hydrogen-bond acceptors (Lipinski definition) is 13. The quantitative estimate of drug-likeness (QED) is 0.0802. The highest BCUT2D eigenvalue weighted by molar-refractivity contribution is 7.88. The topological polar surface area (TPSA) is 216 Å². The monoisotopic (exact) mass is 1010 g/mol. The number of ether oxygens (including phenoxy) is 1. The number of amides is 3. The zero-order chi connectivity index (χ0) is 48.5. The highest BCUT2D eigenvalue weighted by Gasteiger charge is 2.43. The van der Waals surface area contributed by atoms with Crippen LogP contribution in [0, 0.1) is 0 Å². The summed E-state index contributed by atoms with van der Waals surface area (Å²) in [6.45, 7) is 4.96. The fourth-order valence-corrected chi connectivity index (χ4v) is 14.9. The molecule has 69 heavy (non-hydrogen) atoms. The molecule has 4 aliphatic rings. The molecular weight excluding hydrogens is 964 g/mol. The van der Waals surface area contributed by atoms with Crippen LogP contribution in [0.15, 0.2) is 72.8 Å². The van der Waals surface area contributed by atoms with Gasteiger partial charge in [0.1, 0.15) is 11.1 Å². The van der Waals surface area contributed by atoms with Crippen LogP contribution in [0.2, 0.25) is 5.02 Å². The lowest BCUT2D eigenvalue weighted by molar-refractivity contribution is -0.139. The van der Waals surface area contributed by atoms with E-state index < -0.39 is 46.1 Å². The van der Waals surface area contributed by atoms with Crippen LogP contribution >= 0.6 is 34.3 Å². The number of hydrogen-bond donors (Lipinski definition) is 4. The van der Waals surface area contributed by atoms with Crippen LogP contribution in [0.4, 0.5) is 16.5 Å². The highest BCUT2D eigenvalue weighted by atomic mass is 35.5. The van der Waals surface area contributed by atoms with E-state index in [9.17, 15) is 37.5 Å². The number of halogens is 1.